The number of ether oxygens (including phenoxy) is 15. The van der Waals surface area contributed by atoms with Gasteiger partial charge in [-0.15, -0.1) is 32.0 Å². The number of methoxy groups -OCH3 is 5. The van der Waals surface area contributed by atoms with Gasteiger partial charge in [-0.05, 0) is 109 Å². The molecule has 7 aromatic rings. The summed E-state index contributed by atoms with van der Waals surface area (Å²) in [7, 11) is 8.11. The molecule has 4 unspecified atom stereocenters. The van der Waals surface area contributed by atoms with Crippen LogP contribution in [0.25, 0.3) is 0 Å². The first kappa shape index (κ1) is 87.3. The summed E-state index contributed by atoms with van der Waals surface area (Å²) < 4.78 is 88.5. The summed E-state index contributed by atoms with van der Waals surface area (Å²) in [4.78, 5) is 59.4. The number of fused-ring (bicyclic) bond motifs is 3. The lowest BCUT2D eigenvalue weighted by Crippen LogP contribution is -2.33. The van der Waals surface area contributed by atoms with Crippen molar-refractivity contribution >= 4 is 35.2 Å². The van der Waals surface area contributed by atoms with Gasteiger partial charge < -0.3 is 114 Å². The zero-order valence-corrected chi connectivity index (χ0v) is 65.6. The van der Waals surface area contributed by atoms with Crippen molar-refractivity contribution in [3.05, 3.63) is 144 Å². The maximum absolute atomic E-state index is 12.0. The number of nitrogens with zero attached hydrogens (tertiary/aromatic N) is 12. The SMILES string of the molecule is CC1(C)OC2[C@@H](CO)O[C@@H](n3cnc(C(N)=O)n3)[C@H]2O1.CC[C@H]1O[C@@H](n2cnc(C(=O)NCCOC)n2)[C@H]2OC(C)(C)OC12.CC[C@H]1O[C@@H](n2cnc(C(N)=O)n2)[C@H]2OC(C)(C)OC12.COC(C)(C)OC.COc1ccc(C(Cl)(c2ccccc2)c2ccc(OC)cc2)cc1.NC(=O)c1ncn([C@@H]2O[C@H](CO)C(O)[C@@H]2O)n1.[H+]. The van der Waals surface area contributed by atoms with Gasteiger partial charge in [-0.3, -0.25) is 19.2 Å². The Balaban J connectivity index is 0.000000174. The lowest BCUT2D eigenvalue weighted by molar-refractivity contribution is -0.201. The average molecular weight is 1600 g/mol. The molecule has 614 valence electrons. The Kier molecular flexibility index (Phi) is 29.2. The molecule has 0 bridgehead atoms. The van der Waals surface area contributed by atoms with Crippen molar-refractivity contribution in [2.75, 3.05) is 61.9 Å². The van der Waals surface area contributed by atoms with Gasteiger partial charge in [-0.25, -0.2) is 38.7 Å². The lowest BCUT2D eigenvalue weighted by atomic mass is 9.84. The van der Waals surface area contributed by atoms with E-state index in [1.807, 2.05) is 134 Å². The van der Waals surface area contributed by atoms with E-state index in [9.17, 15) is 34.5 Å². The van der Waals surface area contributed by atoms with Crippen LogP contribution in [0.4, 0.5) is 0 Å². The number of nitrogens with two attached hydrogens (primary N) is 3. The predicted octanol–water partition coefficient (Wildman–Crippen LogP) is 2.82. The van der Waals surface area contributed by atoms with Crippen LogP contribution in [0.15, 0.2) is 104 Å². The quantitative estimate of drug-likeness (QED) is 0.0209. The number of carbonyl (C=O) groups excluding carboxylic acids is 4. The van der Waals surface area contributed by atoms with E-state index in [0.29, 0.717) is 13.2 Å². The van der Waals surface area contributed by atoms with E-state index in [2.05, 4.69) is 45.6 Å². The van der Waals surface area contributed by atoms with E-state index in [1.165, 1.54) is 33.0 Å². The van der Waals surface area contributed by atoms with Gasteiger partial charge in [0.15, 0.2) is 48.1 Å². The minimum atomic E-state index is -1.27. The monoisotopic (exact) mass is 1590 g/mol. The number of amides is 4. The molecule has 0 radical (unpaired) electrons. The summed E-state index contributed by atoms with van der Waals surface area (Å²) >= 11 is 7.22. The summed E-state index contributed by atoms with van der Waals surface area (Å²) in [5.41, 5.74) is 18.2. The third-order valence-corrected chi connectivity index (χ3v) is 19.2. The number of hydrogen-bond acceptors (Lipinski definition) is 31. The topological polar surface area (TPSA) is 501 Å². The minimum absolute atomic E-state index is 0. The number of aliphatic hydroxyl groups is 4. The summed E-state index contributed by atoms with van der Waals surface area (Å²) in [5.74, 6) is -3.71. The van der Waals surface area contributed by atoms with E-state index < -0.39 is 114 Å². The average Bonchev–Trinajstić information content (AvgIpc) is 1.75. The molecule has 0 saturated carbocycles. The normalized spacial score (nSPS) is 27.4. The number of aliphatic hydroxyl groups excluding tert-OH is 4. The Labute approximate surface area is 652 Å². The van der Waals surface area contributed by atoms with Gasteiger partial charge in [0.05, 0.1) is 46.2 Å². The highest BCUT2D eigenvalue weighted by atomic mass is 35.5. The number of benzene rings is 3. The molecule has 16 atom stereocenters. The van der Waals surface area contributed by atoms with Crippen molar-refractivity contribution in [3.8, 4) is 11.5 Å². The number of primary amides is 3. The van der Waals surface area contributed by atoms with Gasteiger partial charge in [0.25, 0.3) is 23.6 Å². The van der Waals surface area contributed by atoms with Gasteiger partial charge in [0.2, 0.25) is 23.3 Å². The molecule has 3 aromatic carbocycles. The summed E-state index contributed by atoms with van der Waals surface area (Å²) in [6.07, 6.45) is -1.35. The van der Waals surface area contributed by atoms with Crippen molar-refractivity contribution in [2.45, 2.75) is 208 Å². The second-order valence-corrected chi connectivity index (χ2v) is 28.5. The second kappa shape index (κ2) is 37.5. The molecule has 11 N–H and O–H groups in total. The Morgan fingerprint density at radius 1 is 0.491 bits per heavy atom. The number of alkyl halides is 1. The number of nitrogens with one attached hydrogen (secondary N) is 1. The van der Waals surface area contributed by atoms with E-state index in [0.717, 1.165) is 52.0 Å². The van der Waals surface area contributed by atoms with Crippen LogP contribution in [0.5, 0.6) is 11.5 Å². The van der Waals surface area contributed by atoms with Crippen LogP contribution < -0.4 is 32.0 Å². The number of rotatable bonds is 22. The van der Waals surface area contributed by atoms with Crippen LogP contribution >= 0.6 is 11.6 Å². The molecule has 112 heavy (non-hydrogen) atoms. The van der Waals surface area contributed by atoms with Crippen molar-refractivity contribution in [2.24, 2.45) is 17.2 Å². The molecule has 14 rings (SSSR count). The smallest absolute Gasteiger partial charge is 0.497 e. The molecule has 7 aliphatic rings. The highest BCUT2D eigenvalue weighted by Crippen LogP contribution is 2.47. The van der Waals surface area contributed by atoms with Crippen LogP contribution in [0.1, 0.15) is 168 Å². The van der Waals surface area contributed by atoms with Crippen LogP contribution in [-0.2, 0) is 66.5 Å². The van der Waals surface area contributed by atoms with Gasteiger partial charge in [0, 0.05) is 27.9 Å². The number of hydrogen-bond donors (Lipinski definition) is 8. The van der Waals surface area contributed by atoms with E-state index in [-0.39, 0.29) is 73.9 Å². The van der Waals surface area contributed by atoms with Gasteiger partial charge >= 0.3 is 1.43 Å². The van der Waals surface area contributed by atoms with Gasteiger partial charge in [-0.2, -0.15) is 0 Å². The summed E-state index contributed by atoms with van der Waals surface area (Å²) in [5, 5.41) is 56.1. The predicted molar refractivity (Wildman–Crippen MR) is 391 cm³/mol. The number of halogens is 1. The molecule has 4 aromatic heterocycles. The highest BCUT2D eigenvalue weighted by Gasteiger charge is 2.59. The molecule has 0 aliphatic carbocycles. The fourth-order valence-electron chi connectivity index (χ4n) is 12.8. The third-order valence-electron chi connectivity index (χ3n) is 18.5. The fourth-order valence-corrected chi connectivity index (χ4v) is 13.2. The maximum atomic E-state index is 12.0. The first-order valence-corrected chi connectivity index (χ1v) is 36.2. The zero-order chi connectivity index (χ0) is 81.8. The molecule has 11 heterocycles. The van der Waals surface area contributed by atoms with Crippen molar-refractivity contribution in [3.63, 3.8) is 0 Å². The highest BCUT2D eigenvalue weighted by molar-refractivity contribution is 6.28. The van der Waals surface area contributed by atoms with E-state index in [1.54, 1.807) is 49.4 Å². The van der Waals surface area contributed by atoms with Gasteiger partial charge in [-0.1, -0.05) is 68.4 Å². The Morgan fingerprint density at radius 3 is 1.14 bits per heavy atom. The van der Waals surface area contributed by atoms with E-state index >= 15 is 0 Å². The van der Waals surface area contributed by atoms with Crippen molar-refractivity contribution < 1.29 is 112 Å². The zero-order valence-electron chi connectivity index (χ0n) is 65.8. The minimum Gasteiger partial charge on any atom is -0.497 e. The largest absolute Gasteiger partial charge is 1.00 e. The maximum Gasteiger partial charge on any atom is 1.00 e. The van der Waals surface area contributed by atoms with Crippen LogP contribution in [0.3, 0.4) is 0 Å². The number of aromatic nitrogens is 12. The van der Waals surface area contributed by atoms with Crippen LogP contribution in [0, 0.1) is 0 Å². The number of carbonyl (C=O) groups is 4. The lowest BCUT2D eigenvalue weighted by Gasteiger charge is -2.29. The van der Waals surface area contributed by atoms with E-state index in [4.69, 9.17) is 105 Å². The molecule has 0 spiro atoms. The van der Waals surface area contributed by atoms with Crippen LogP contribution in [0.2, 0.25) is 0 Å². The fraction of sp³-hybridized carbons (Fsp3) is 0.583. The molecular weight excluding hydrogens is 1490 g/mol. The molecular formula is C72H102ClN16O23+. The first-order chi connectivity index (χ1) is 53.1. The van der Waals surface area contributed by atoms with Gasteiger partial charge in [0.1, 0.15) is 103 Å². The molecule has 7 fully saturated rings. The van der Waals surface area contributed by atoms with Crippen LogP contribution in [-0.4, -0.2) is 261 Å². The van der Waals surface area contributed by atoms with Crippen molar-refractivity contribution in [1.29, 1.82) is 0 Å². The molecule has 40 heteroatoms. The summed E-state index contributed by atoms with van der Waals surface area (Å²) in [6, 6.07) is 25.8. The second-order valence-electron chi connectivity index (χ2n) is 27.9. The third kappa shape index (κ3) is 20.6. The summed E-state index contributed by atoms with van der Waals surface area (Å²) in [6.45, 7) is 19.0. The Morgan fingerprint density at radius 2 is 0.821 bits per heavy atom. The molecule has 4 amide bonds. The molecule has 7 saturated heterocycles. The Hall–Kier alpha value is -8.69. The first-order valence-electron chi connectivity index (χ1n) is 35.8. The standard InChI is InChI=1S/C21H19ClO2.C15H24N4O5.C12H18N4O4.C11H16N4O5.C8H12N4O5.C5H12O2/c1-23-19-12-8-17(9-13-19)21(22,16-6-4-3-5-7-16)18-10-14-20(24-2)15-11-18;1-5-9-10-11(24-15(2,3)23-10)14(22-9)19-8-17-12(18-19)13(20)16-6-7-21-4;1-4-6-7-8(20-12(2,3)19-7)11(18-6)16-5-14-10(15-16)9(13)17;1-11(2)19-6-5(3-16)18-10(7(6)20-11)15-4-13-9(14-15)8(12)17;9-6(16)7-10-2-12(11-7)8-5(15)4(14)3(1-13)17-8;1-5(2,6-3)7-4/h3-15H,1-2H3;8-11,14H,5-7H2,1-4H3,(H,16,20);5-8,11H,4H2,1-3H3,(H2,13,17);4-7,10,16H,3H2,1-2H3,(H2,12,17);2-5,8,13-15H,1H2,(H2,9,16);1-4H3/p+1/t;9-,10?,11+,14-;6-,7?,8+,11-;5-,6?,7+,10-;3-,4?,5+,8-;/m.1111./s1. The molecule has 39 nitrogen and oxygen atoms in total. The molecule has 7 aliphatic heterocycles. The van der Waals surface area contributed by atoms with Crippen molar-refractivity contribution in [1.82, 2.24) is 64.4 Å². The Bertz CT molecular complexity index is 4050.